The van der Waals surface area contributed by atoms with Crippen molar-refractivity contribution in [1.29, 1.82) is 0 Å². The van der Waals surface area contributed by atoms with Crippen LogP contribution in [0.25, 0.3) is 0 Å². The van der Waals surface area contributed by atoms with Gasteiger partial charge in [-0.3, -0.25) is 0 Å². The summed E-state index contributed by atoms with van der Waals surface area (Å²) in [6.45, 7) is 16.0. The number of nitrogens with zero attached hydrogens (tertiary/aromatic N) is 2. The number of ether oxygens (including phenoxy) is 4. The van der Waals surface area contributed by atoms with Gasteiger partial charge >= 0.3 is 0 Å². The number of nitrogens with one attached hydrogen (secondary N) is 2. The molecule has 47 heavy (non-hydrogen) atoms. The molecule has 0 radical (unpaired) electrons. The molecule has 0 atom stereocenters. The van der Waals surface area contributed by atoms with Crippen LogP contribution < -0.4 is 10.6 Å². The van der Waals surface area contributed by atoms with Crippen LogP contribution in [0.15, 0.2) is 0 Å². The summed E-state index contributed by atoms with van der Waals surface area (Å²) in [4.78, 5) is 11.3. The molecule has 12 heteroatoms. The Hall–Kier alpha value is -0.223. The summed E-state index contributed by atoms with van der Waals surface area (Å²) in [5, 5.41) is 35.1. The fourth-order valence-electron chi connectivity index (χ4n) is 10.1. The molecule has 6 saturated heterocycles. The molecule has 0 amide bonds. The SMILES string of the molecule is CC(C)(CC(CNC1CC2(CCOCC2)N(O)C2(CCOCC2)C1)CNC1CC2(CCOCC2)N(O)C2(CCOCC2)C1)[Si](C)(C)O. The Labute approximate surface area is 284 Å². The van der Waals surface area contributed by atoms with Crippen molar-refractivity contribution in [3.8, 4) is 0 Å². The van der Waals surface area contributed by atoms with Crippen molar-refractivity contribution in [3.63, 3.8) is 0 Å². The van der Waals surface area contributed by atoms with Gasteiger partial charge in [0.1, 0.15) is 0 Å². The van der Waals surface area contributed by atoms with Gasteiger partial charge < -0.3 is 44.8 Å². The molecule has 5 N–H and O–H groups in total. The van der Waals surface area contributed by atoms with Crippen LogP contribution in [0.5, 0.6) is 0 Å². The van der Waals surface area contributed by atoms with E-state index in [1.54, 1.807) is 10.1 Å². The zero-order valence-corrected chi connectivity index (χ0v) is 30.9. The van der Waals surface area contributed by atoms with Crippen LogP contribution in [-0.2, 0) is 18.9 Å². The van der Waals surface area contributed by atoms with E-state index in [2.05, 4.69) is 37.6 Å². The third-order valence-electron chi connectivity index (χ3n) is 13.8. The fraction of sp³-hybridized carbons (Fsp3) is 1.00. The van der Waals surface area contributed by atoms with Crippen molar-refractivity contribution >= 4 is 8.32 Å². The summed E-state index contributed by atoms with van der Waals surface area (Å²) in [6, 6.07) is 0.599. The molecule has 0 aromatic rings. The molecule has 6 heterocycles. The van der Waals surface area contributed by atoms with Crippen molar-refractivity contribution in [2.45, 2.75) is 150 Å². The molecule has 272 valence electrons. The van der Waals surface area contributed by atoms with Crippen molar-refractivity contribution in [3.05, 3.63) is 0 Å². The second-order valence-corrected chi connectivity index (χ2v) is 22.0. The highest BCUT2D eigenvalue weighted by Crippen LogP contribution is 2.49. The van der Waals surface area contributed by atoms with Gasteiger partial charge in [0, 0.05) is 64.9 Å². The monoisotopic (exact) mass is 682 g/mol. The molecule has 6 aliphatic rings. The Morgan fingerprint density at radius 3 is 1.15 bits per heavy atom. The van der Waals surface area contributed by atoms with Crippen LogP contribution in [0, 0.1) is 5.92 Å². The highest BCUT2D eigenvalue weighted by Gasteiger charge is 2.57. The summed E-state index contributed by atoms with van der Waals surface area (Å²) in [5.74, 6) is 0.329. The first-order valence-corrected chi connectivity index (χ1v) is 21.8. The maximum absolute atomic E-state index is 11.8. The minimum absolute atomic E-state index is 0.141. The van der Waals surface area contributed by atoms with Crippen molar-refractivity contribution in [2.75, 3.05) is 65.9 Å². The van der Waals surface area contributed by atoms with Crippen LogP contribution in [0.2, 0.25) is 18.1 Å². The zero-order valence-electron chi connectivity index (χ0n) is 29.9. The average Bonchev–Trinajstić information content (AvgIpc) is 3.05. The van der Waals surface area contributed by atoms with Gasteiger partial charge in [0.2, 0.25) is 0 Å². The molecule has 6 fully saturated rings. The Morgan fingerprint density at radius 1 is 0.617 bits per heavy atom. The fourth-order valence-corrected chi connectivity index (χ4v) is 10.9. The van der Waals surface area contributed by atoms with E-state index in [4.69, 9.17) is 18.9 Å². The maximum Gasteiger partial charge on any atom is 0.188 e. The van der Waals surface area contributed by atoms with Crippen molar-refractivity contribution in [2.24, 2.45) is 5.92 Å². The zero-order chi connectivity index (χ0) is 33.4. The normalized spacial score (nSPS) is 32.2. The first kappa shape index (κ1) is 36.6. The van der Waals surface area contributed by atoms with Gasteiger partial charge in [-0.15, -0.1) is 0 Å². The first-order chi connectivity index (χ1) is 22.3. The molecular formula is C35H66N4O7Si. The number of hydroxylamine groups is 4. The van der Waals surface area contributed by atoms with Crippen LogP contribution in [-0.4, -0.2) is 134 Å². The quantitative estimate of drug-likeness (QED) is 0.226. The average molecular weight is 683 g/mol. The Kier molecular flexibility index (Phi) is 11.2. The van der Waals surface area contributed by atoms with E-state index < -0.39 is 8.32 Å². The topological polar surface area (TPSA) is 128 Å². The lowest BCUT2D eigenvalue weighted by Gasteiger charge is -2.59. The standard InChI is InChI=1S/C35H66N4O7Si/c1-31(2,47(3,4)42)21-28(26-36-29-22-32(5-13-43-14-6-32)38(40)33(23-29)7-15-44-16-8-33)27-37-30-24-34(9-17-45-18-10-34)39(41)35(25-30)11-19-46-20-12-35/h28-30,36-37,40-42H,5-27H2,1-4H3. The molecule has 11 nitrogen and oxygen atoms in total. The van der Waals surface area contributed by atoms with E-state index in [-0.39, 0.29) is 27.2 Å². The Bertz CT molecular complexity index is 898. The highest BCUT2D eigenvalue weighted by atomic mass is 28.4. The summed E-state index contributed by atoms with van der Waals surface area (Å²) in [5.41, 5.74) is -1.03. The summed E-state index contributed by atoms with van der Waals surface area (Å²) in [6.07, 6.45) is 11.5. The molecule has 6 aliphatic heterocycles. The van der Waals surface area contributed by atoms with E-state index >= 15 is 0 Å². The predicted molar refractivity (Wildman–Crippen MR) is 182 cm³/mol. The lowest BCUT2D eigenvalue weighted by atomic mass is 9.69. The Balaban J connectivity index is 1.18. The largest absolute Gasteiger partial charge is 0.432 e. The van der Waals surface area contributed by atoms with Crippen LogP contribution in [0.4, 0.5) is 0 Å². The van der Waals surface area contributed by atoms with E-state index in [9.17, 15) is 15.2 Å². The predicted octanol–water partition coefficient (Wildman–Crippen LogP) is 4.05. The summed E-state index contributed by atoms with van der Waals surface area (Å²) in [7, 11) is -2.42. The summed E-state index contributed by atoms with van der Waals surface area (Å²) >= 11 is 0. The molecule has 0 bridgehead atoms. The molecule has 0 saturated carbocycles. The molecule has 4 spiro atoms. The summed E-state index contributed by atoms with van der Waals surface area (Å²) < 4.78 is 23.1. The lowest BCUT2D eigenvalue weighted by Crippen LogP contribution is -2.69. The lowest BCUT2D eigenvalue weighted by molar-refractivity contribution is -0.295. The van der Waals surface area contributed by atoms with Gasteiger partial charge in [0.25, 0.3) is 0 Å². The Morgan fingerprint density at radius 2 is 0.894 bits per heavy atom. The number of hydrogen-bond donors (Lipinski definition) is 5. The minimum atomic E-state index is -2.42. The van der Waals surface area contributed by atoms with Crippen LogP contribution in [0.1, 0.15) is 97.3 Å². The van der Waals surface area contributed by atoms with Gasteiger partial charge in [-0.05, 0) is 121 Å². The van der Waals surface area contributed by atoms with Gasteiger partial charge in [0.05, 0.1) is 22.2 Å². The molecule has 0 aromatic heterocycles. The van der Waals surface area contributed by atoms with Gasteiger partial charge in [-0.1, -0.05) is 13.8 Å². The van der Waals surface area contributed by atoms with Gasteiger partial charge in [-0.2, -0.15) is 10.1 Å². The minimum Gasteiger partial charge on any atom is -0.432 e. The van der Waals surface area contributed by atoms with Crippen molar-refractivity contribution < 1.29 is 34.2 Å². The molecule has 6 rings (SSSR count). The molecule has 0 aromatic carbocycles. The van der Waals surface area contributed by atoms with Crippen LogP contribution in [0.3, 0.4) is 0 Å². The maximum atomic E-state index is 11.8. The number of rotatable bonds is 9. The van der Waals surface area contributed by atoms with E-state index in [1.807, 2.05) is 0 Å². The second kappa shape index (κ2) is 14.4. The van der Waals surface area contributed by atoms with E-state index in [0.29, 0.717) is 70.9 Å². The number of hydrogen-bond acceptors (Lipinski definition) is 11. The van der Waals surface area contributed by atoms with Gasteiger partial charge in [-0.25, -0.2) is 0 Å². The first-order valence-electron chi connectivity index (χ1n) is 18.8. The second-order valence-electron chi connectivity index (χ2n) is 17.5. The smallest absolute Gasteiger partial charge is 0.188 e. The third kappa shape index (κ3) is 7.55. The van der Waals surface area contributed by atoms with Crippen molar-refractivity contribution in [1.82, 2.24) is 20.8 Å². The van der Waals surface area contributed by atoms with Crippen LogP contribution >= 0.6 is 0 Å². The molecular weight excluding hydrogens is 616 g/mol. The van der Waals surface area contributed by atoms with E-state index in [0.717, 1.165) is 96.6 Å². The molecule has 0 unspecified atom stereocenters. The number of piperidine rings is 2. The van der Waals surface area contributed by atoms with E-state index in [1.165, 1.54) is 0 Å². The highest BCUT2D eigenvalue weighted by molar-refractivity contribution is 6.72. The molecule has 0 aliphatic carbocycles. The third-order valence-corrected chi connectivity index (χ3v) is 17.4. The van der Waals surface area contributed by atoms with Gasteiger partial charge in [0.15, 0.2) is 8.32 Å².